The lowest BCUT2D eigenvalue weighted by Gasteiger charge is -2.15. The fraction of sp³-hybridized carbons (Fsp3) is 0.227. The Hall–Kier alpha value is -2.93. The molecule has 29 heavy (non-hydrogen) atoms. The van der Waals surface area contributed by atoms with Crippen LogP contribution in [0.25, 0.3) is 6.08 Å². The summed E-state index contributed by atoms with van der Waals surface area (Å²) in [5, 5.41) is 5.34. The van der Waals surface area contributed by atoms with Crippen molar-refractivity contribution in [3.8, 4) is 0 Å². The fourth-order valence-corrected chi connectivity index (χ4v) is 3.52. The van der Waals surface area contributed by atoms with Gasteiger partial charge in [-0.3, -0.25) is 14.4 Å². The average Bonchev–Trinajstić information content (AvgIpc) is 3.13. The fourth-order valence-electron chi connectivity index (χ4n) is 3.05. The molecule has 3 rings (SSSR count). The van der Waals surface area contributed by atoms with Crippen molar-refractivity contribution >= 4 is 51.1 Å². The first kappa shape index (κ1) is 20.8. The van der Waals surface area contributed by atoms with Crippen LogP contribution in [0.2, 0.25) is 0 Å². The van der Waals surface area contributed by atoms with Crippen molar-refractivity contribution in [3.05, 3.63) is 64.1 Å². The van der Waals surface area contributed by atoms with Gasteiger partial charge >= 0.3 is 0 Å². The summed E-state index contributed by atoms with van der Waals surface area (Å²) in [5.41, 5.74) is 3.34. The Morgan fingerprint density at radius 1 is 1.17 bits per heavy atom. The van der Waals surface area contributed by atoms with Gasteiger partial charge in [0.1, 0.15) is 0 Å². The highest BCUT2D eigenvalue weighted by Crippen LogP contribution is 2.22. The summed E-state index contributed by atoms with van der Waals surface area (Å²) in [6, 6.07) is 13.0. The van der Waals surface area contributed by atoms with Crippen LogP contribution in [0.5, 0.6) is 0 Å². The zero-order valence-corrected chi connectivity index (χ0v) is 17.7. The van der Waals surface area contributed by atoms with E-state index in [1.165, 1.54) is 6.08 Å². The second-order valence-electron chi connectivity index (χ2n) is 6.80. The first-order valence-corrected chi connectivity index (χ1v) is 10.1. The third kappa shape index (κ3) is 5.77. The molecule has 0 unspecified atom stereocenters. The highest BCUT2D eigenvalue weighted by molar-refractivity contribution is 9.10. The lowest BCUT2D eigenvalue weighted by atomic mass is 10.2. The van der Waals surface area contributed by atoms with E-state index in [1.807, 2.05) is 43.3 Å². The molecule has 0 aromatic heterocycles. The summed E-state index contributed by atoms with van der Waals surface area (Å²) >= 11 is 3.38. The van der Waals surface area contributed by atoms with Crippen LogP contribution in [0.3, 0.4) is 0 Å². The van der Waals surface area contributed by atoms with E-state index < -0.39 is 0 Å². The summed E-state index contributed by atoms with van der Waals surface area (Å²) in [6.45, 7) is 2.53. The maximum Gasteiger partial charge on any atom is 0.244 e. The van der Waals surface area contributed by atoms with Gasteiger partial charge < -0.3 is 15.5 Å². The molecule has 1 aliphatic heterocycles. The smallest absolute Gasteiger partial charge is 0.244 e. The number of rotatable bonds is 6. The summed E-state index contributed by atoms with van der Waals surface area (Å²) in [7, 11) is 0. The number of anilines is 2. The zero-order valence-electron chi connectivity index (χ0n) is 16.1. The maximum absolute atomic E-state index is 12.0. The van der Waals surface area contributed by atoms with Crippen molar-refractivity contribution in [1.29, 1.82) is 0 Å². The molecule has 1 aliphatic rings. The number of nitrogens with one attached hydrogen (secondary N) is 2. The number of benzene rings is 2. The average molecular weight is 456 g/mol. The second-order valence-corrected chi connectivity index (χ2v) is 7.71. The topological polar surface area (TPSA) is 78.5 Å². The van der Waals surface area contributed by atoms with Gasteiger partial charge in [0.25, 0.3) is 0 Å². The molecule has 2 N–H and O–H groups in total. The van der Waals surface area contributed by atoms with Gasteiger partial charge in [0.15, 0.2) is 0 Å². The van der Waals surface area contributed by atoms with Gasteiger partial charge in [-0.1, -0.05) is 28.1 Å². The molecular weight excluding hydrogens is 434 g/mol. The molecule has 0 atom stereocenters. The van der Waals surface area contributed by atoms with Crippen molar-refractivity contribution < 1.29 is 14.4 Å². The number of hydrogen-bond acceptors (Lipinski definition) is 3. The third-order valence-corrected chi connectivity index (χ3v) is 5.08. The highest BCUT2D eigenvalue weighted by Gasteiger charge is 2.21. The Morgan fingerprint density at radius 2 is 1.93 bits per heavy atom. The highest BCUT2D eigenvalue weighted by atomic mass is 79.9. The van der Waals surface area contributed by atoms with Crippen molar-refractivity contribution in [3.63, 3.8) is 0 Å². The Labute approximate surface area is 178 Å². The standard InChI is InChI=1S/C22H22BrN3O3/c1-15-13-17(23)7-10-19(15)25-21(28)14-24-20(27)11-6-16-4-8-18(9-5-16)26-12-2-3-22(26)29/h4-11,13H,2-3,12,14H2,1H3,(H,24,27)(H,25,28)/b11-6+. The van der Waals surface area contributed by atoms with E-state index >= 15 is 0 Å². The van der Waals surface area contributed by atoms with Crippen LogP contribution in [0.4, 0.5) is 11.4 Å². The normalized spacial score (nSPS) is 13.7. The number of hydrogen-bond donors (Lipinski definition) is 2. The van der Waals surface area contributed by atoms with Crippen molar-refractivity contribution in [2.75, 3.05) is 23.3 Å². The number of nitrogens with zero attached hydrogens (tertiary/aromatic N) is 1. The van der Waals surface area contributed by atoms with Crippen molar-refractivity contribution in [2.24, 2.45) is 0 Å². The Kier molecular flexibility index (Phi) is 6.82. The SMILES string of the molecule is Cc1cc(Br)ccc1NC(=O)CNC(=O)/C=C/c1ccc(N2CCCC2=O)cc1. The minimum atomic E-state index is -0.355. The second kappa shape index (κ2) is 9.52. The number of amides is 3. The molecule has 150 valence electrons. The van der Waals surface area contributed by atoms with Gasteiger partial charge in [-0.25, -0.2) is 0 Å². The molecule has 6 nitrogen and oxygen atoms in total. The van der Waals surface area contributed by atoms with Gasteiger partial charge in [0.2, 0.25) is 17.7 Å². The molecule has 7 heteroatoms. The van der Waals surface area contributed by atoms with Gasteiger partial charge in [-0.2, -0.15) is 0 Å². The van der Waals surface area contributed by atoms with Crippen molar-refractivity contribution in [2.45, 2.75) is 19.8 Å². The van der Waals surface area contributed by atoms with E-state index in [2.05, 4.69) is 26.6 Å². The number of carbonyl (C=O) groups excluding carboxylic acids is 3. The summed E-state index contributed by atoms with van der Waals surface area (Å²) in [6.07, 6.45) is 4.53. The molecule has 1 saturated heterocycles. The molecule has 0 radical (unpaired) electrons. The lowest BCUT2D eigenvalue weighted by Crippen LogP contribution is -2.31. The van der Waals surface area contributed by atoms with Crippen LogP contribution >= 0.6 is 15.9 Å². The molecular formula is C22H22BrN3O3. The first-order valence-electron chi connectivity index (χ1n) is 9.35. The third-order valence-electron chi connectivity index (χ3n) is 4.59. The van der Waals surface area contributed by atoms with Crippen molar-refractivity contribution in [1.82, 2.24) is 5.32 Å². The molecule has 0 saturated carbocycles. The predicted octanol–water partition coefficient (Wildman–Crippen LogP) is 3.65. The predicted molar refractivity (Wildman–Crippen MR) is 118 cm³/mol. The number of carbonyl (C=O) groups is 3. The zero-order chi connectivity index (χ0) is 20.8. The van der Waals surface area contributed by atoms with Crippen LogP contribution in [-0.2, 0) is 14.4 Å². The van der Waals surface area contributed by atoms with E-state index in [0.29, 0.717) is 12.1 Å². The number of aryl methyl sites for hydroxylation is 1. The summed E-state index contributed by atoms with van der Waals surface area (Å²) < 4.78 is 0.937. The molecule has 2 aromatic carbocycles. The summed E-state index contributed by atoms with van der Waals surface area (Å²) in [5.74, 6) is -0.507. The van der Waals surface area contributed by atoms with Crippen LogP contribution in [0.1, 0.15) is 24.0 Å². The monoisotopic (exact) mass is 455 g/mol. The largest absolute Gasteiger partial charge is 0.343 e. The van der Waals surface area contributed by atoms with Gasteiger partial charge in [-0.05, 0) is 60.9 Å². The van der Waals surface area contributed by atoms with Crippen LogP contribution < -0.4 is 15.5 Å². The minimum absolute atomic E-state index is 0.116. The summed E-state index contributed by atoms with van der Waals surface area (Å²) in [4.78, 5) is 37.5. The Morgan fingerprint density at radius 3 is 2.59 bits per heavy atom. The van der Waals surface area contributed by atoms with Crippen LogP contribution in [0, 0.1) is 6.92 Å². The van der Waals surface area contributed by atoms with Gasteiger partial charge in [-0.15, -0.1) is 0 Å². The lowest BCUT2D eigenvalue weighted by molar-refractivity contribution is -0.121. The van der Waals surface area contributed by atoms with E-state index in [4.69, 9.17) is 0 Å². The molecule has 0 bridgehead atoms. The van der Waals surface area contributed by atoms with Gasteiger partial charge in [0.05, 0.1) is 6.54 Å². The molecule has 0 spiro atoms. The Balaban J connectivity index is 1.48. The Bertz CT molecular complexity index is 954. The van der Waals surface area contributed by atoms with E-state index in [0.717, 1.165) is 34.3 Å². The number of halogens is 1. The first-order chi connectivity index (χ1) is 13.9. The van der Waals surface area contributed by atoms with Gasteiger partial charge in [0, 0.05) is 34.9 Å². The molecule has 2 aromatic rings. The van der Waals surface area contributed by atoms with Crippen LogP contribution in [0.15, 0.2) is 53.0 Å². The molecule has 1 heterocycles. The molecule has 0 aliphatic carbocycles. The van der Waals surface area contributed by atoms with E-state index in [1.54, 1.807) is 17.0 Å². The minimum Gasteiger partial charge on any atom is -0.343 e. The van der Waals surface area contributed by atoms with E-state index in [9.17, 15) is 14.4 Å². The quantitative estimate of drug-likeness (QED) is 0.652. The van der Waals surface area contributed by atoms with Crippen LogP contribution in [-0.4, -0.2) is 30.8 Å². The maximum atomic E-state index is 12.0. The molecule has 1 fully saturated rings. The van der Waals surface area contributed by atoms with E-state index in [-0.39, 0.29) is 24.3 Å². The molecule has 3 amide bonds.